The Morgan fingerprint density at radius 3 is 1.73 bits per heavy atom. The predicted molar refractivity (Wildman–Crippen MR) is 105 cm³/mol. The third-order valence-electron chi connectivity index (χ3n) is 3.77. The summed E-state index contributed by atoms with van der Waals surface area (Å²) < 4.78 is 28.8. The fourth-order valence-corrected chi connectivity index (χ4v) is 3.38. The molecule has 0 spiro atoms. The zero-order valence-electron chi connectivity index (χ0n) is 15.9. The molecule has 7 heteroatoms. The minimum atomic E-state index is -3.57. The van der Waals surface area contributed by atoms with Crippen LogP contribution in [0.15, 0.2) is 35.2 Å². The molecule has 2 amide bonds. The summed E-state index contributed by atoms with van der Waals surface area (Å²) in [5.74, 6) is 0. The van der Waals surface area contributed by atoms with Crippen LogP contribution in [0, 0.1) is 0 Å². The molecule has 1 aromatic rings. The maximum atomic E-state index is 11.9. The minimum Gasteiger partial charge on any atom is -0.352 e. The molecule has 0 unspecified atom stereocenters. The van der Waals surface area contributed by atoms with Crippen molar-refractivity contribution in [3.63, 3.8) is 0 Å². The van der Waals surface area contributed by atoms with Crippen molar-refractivity contribution in [2.45, 2.75) is 76.0 Å². The Labute approximate surface area is 158 Å². The Balaban J connectivity index is 0.00000141. The van der Waals surface area contributed by atoms with Gasteiger partial charge in [-0.15, -0.1) is 0 Å². The van der Waals surface area contributed by atoms with Crippen molar-refractivity contribution in [1.82, 2.24) is 0 Å². The summed E-state index contributed by atoms with van der Waals surface area (Å²) in [6.07, 6.45) is 12.3. The number of unbranched alkanes of at least 4 members (excludes halogenated alkanes) is 9. The number of nitrogens with two attached hydrogens (primary N) is 2. The van der Waals surface area contributed by atoms with Gasteiger partial charge < -0.3 is 11.5 Å². The molecule has 0 heterocycles. The van der Waals surface area contributed by atoms with Gasteiger partial charge in [-0.25, -0.2) is 4.79 Å². The Kier molecular flexibility index (Phi) is 14.7. The molecule has 0 atom stereocenters. The number of primary amides is 2. The molecule has 0 bridgehead atoms. The second-order valence-electron chi connectivity index (χ2n) is 6.17. The highest BCUT2D eigenvalue weighted by molar-refractivity contribution is 7.86. The van der Waals surface area contributed by atoms with E-state index in [9.17, 15) is 8.42 Å². The normalized spacial score (nSPS) is 10.8. The second-order valence-corrected chi connectivity index (χ2v) is 7.79. The van der Waals surface area contributed by atoms with Gasteiger partial charge in [-0.1, -0.05) is 82.9 Å². The fourth-order valence-electron chi connectivity index (χ4n) is 2.41. The number of amides is 2. The first-order valence-electron chi connectivity index (χ1n) is 9.39. The van der Waals surface area contributed by atoms with Gasteiger partial charge in [-0.3, -0.25) is 4.18 Å². The van der Waals surface area contributed by atoms with Crippen molar-refractivity contribution < 1.29 is 17.4 Å². The third-order valence-corrected chi connectivity index (χ3v) is 5.09. The number of carbonyl (C=O) groups excluding carboxylic acids is 1. The van der Waals surface area contributed by atoms with Crippen LogP contribution in [0.1, 0.15) is 71.1 Å². The molecule has 0 aromatic heterocycles. The van der Waals surface area contributed by atoms with Crippen molar-refractivity contribution in [3.8, 4) is 0 Å². The maximum absolute atomic E-state index is 11.9. The smallest absolute Gasteiger partial charge is 0.309 e. The predicted octanol–water partition coefficient (Wildman–Crippen LogP) is 4.34. The molecule has 6 nitrogen and oxygen atoms in total. The van der Waals surface area contributed by atoms with E-state index in [0.717, 1.165) is 12.8 Å². The number of urea groups is 1. The third kappa shape index (κ3) is 14.7. The van der Waals surface area contributed by atoms with Crippen molar-refractivity contribution >= 4 is 16.1 Å². The van der Waals surface area contributed by atoms with Crippen LogP contribution in [0.3, 0.4) is 0 Å². The summed E-state index contributed by atoms with van der Waals surface area (Å²) in [7, 11) is -3.57. The van der Waals surface area contributed by atoms with Gasteiger partial charge in [-0.05, 0) is 18.6 Å². The Bertz CT molecular complexity index is 558. The molecule has 1 aromatic carbocycles. The van der Waals surface area contributed by atoms with Crippen LogP contribution in [-0.4, -0.2) is 21.1 Å². The topological polar surface area (TPSA) is 112 Å². The largest absolute Gasteiger partial charge is 0.352 e. The minimum absolute atomic E-state index is 0.238. The van der Waals surface area contributed by atoms with E-state index in [2.05, 4.69) is 18.4 Å². The van der Waals surface area contributed by atoms with Gasteiger partial charge in [-0.2, -0.15) is 8.42 Å². The summed E-state index contributed by atoms with van der Waals surface area (Å²) in [6, 6.07) is 7.50. The Morgan fingerprint density at radius 2 is 1.27 bits per heavy atom. The van der Waals surface area contributed by atoms with E-state index in [-0.39, 0.29) is 11.5 Å². The molecule has 150 valence electrons. The molecular formula is C19H34N2O4S. The average molecular weight is 387 g/mol. The molecule has 0 aliphatic rings. The quantitative estimate of drug-likeness (QED) is 0.388. The first-order valence-corrected chi connectivity index (χ1v) is 10.8. The molecular weight excluding hydrogens is 352 g/mol. The summed E-state index contributed by atoms with van der Waals surface area (Å²) in [5.41, 5.74) is 8.50. The number of hydrogen-bond donors (Lipinski definition) is 2. The molecule has 1 rings (SSSR count). The average Bonchev–Trinajstić information content (AvgIpc) is 2.60. The van der Waals surface area contributed by atoms with E-state index in [4.69, 9.17) is 8.98 Å². The van der Waals surface area contributed by atoms with E-state index in [1.54, 1.807) is 30.3 Å². The summed E-state index contributed by atoms with van der Waals surface area (Å²) in [6.45, 7) is 2.52. The highest BCUT2D eigenvalue weighted by Gasteiger charge is 2.13. The molecule has 0 aliphatic carbocycles. The standard InChI is InChI=1S/C18H30O3S.CH4N2O/c1-2-3-4-5-6-7-8-9-10-14-17-21-22(19,20)18-15-12-11-13-16-18;2-1(3)4/h11-13,15-16H,2-10,14,17H2,1H3;(H4,2,3,4). The number of carbonyl (C=O) groups is 1. The van der Waals surface area contributed by atoms with Crippen molar-refractivity contribution in [3.05, 3.63) is 30.3 Å². The zero-order chi connectivity index (χ0) is 19.7. The van der Waals surface area contributed by atoms with Crippen LogP contribution in [-0.2, 0) is 14.3 Å². The SMILES string of the molecule is CCCCCCCCCCCCOS(=O)(=O)c1ccccc1.NC(N)=O. The van der Waals surface area contributed by atoms with E-state index in [0.29, 0.717) is 0 Å². The van der Waals surface area contributed by atoms with Gasteiger partial charge in [0.15, 0.2) is 0 Å². The molecule has 0 aliphatic heterocycles. The van der Waals surface area contributed by atoms with Crippen molar-refractivity contribution in [1.29, 1.82) is 0 Å². The monoisotopic (exact) mass is 386 g/mol. The summed E-state index contributed by atoms with van der Waals surface area (Å²) in [4.78, 5) is 9.24. The number of benzene rings is 1. The van der Waals surface area contributed by atoms with Crippen LogP contribution in [0.2, 0.25) is 0 Å². The van der Waals surface area contributed by atoms with Crippen LogP contribution < -0.4 is 11.5 Å². The molecule has 0 saturated carbocycles. The highest BCUT2D eigenvalue weighted by atomic mass is 32.2. The van der Waals surface area contributed by atoms with E-state index in [1.165, 1.54) is 51.4 Å². The van der Waals surface area contributed by atoms with Crippen LogP contribution in [0.5, 0.6) is 0 Å². The molecule has 0 radical (unpaired) electrons. The van der Waals surface area contributed by atoms with E-state index < -0.39 is 16.1 Å². The van der Waals surface area contributed by atoms with Gasteiger partial charge in [0.1, 0.15) is 0 Å². The summed E-state index contributed by atoms with van der Waals surface area (Å²) >= 11 is 0. The lowest BCUT2D eigenvalue weighted by molar-refractivity contribution is 0.256. The van der Waals surface area contributed by atoms with Crippen molar-refractivity contribution in [2.75, 3.05) is 6.61 Å². The second kappa shape index (κ2) is 15.6. The van der Waals surface area contributed by atoms with Crippen LogP contribution in [0.25, 0.3) is 0 Å². The lowest BCUT2D eigenvalue weighted by Gasteiger charge is -2.05. The van der Waals surface area contributed by atoms with Crippen LogP contribution in [0.4, 0.5) is 4.79 Å². The lowest BCUT2D eigenvalue weighted by atomic mass is 10.1. The first-order chi connectivity index (χ1) is 12.4. The van der Waals surface area contributed by atoms with Gasteiger partial charge in [0.25, 0.3) is 10.1 Å². The van der Waals surface area contributed by atoms with Crippen molar-refractivity contribution in [2.24, 2.45) is 11.5 Å². The molecule has 26 heavy (non-hydrogen) atoms. The van der Waals surface area contributed by atoms with Gasteiger partial charge >= 0.3 is 6.03 Å². The zero-order valence-corrected chi connectivity index (χ0v) is 16.7. The summed E-state index contributed by atoms with van der Waals surface area (Å²) in [5, 5.41) is 0. The number of hydrogen-bond acceptors (Lipinski definition) is 4. The molecule has 4 N–H and O–H groups in total. The Morgan fingerprint density at radius 1 is 0.846 bits per heavy atom. The van der Waals surface area contributed by atoms with Gasteiger partial charge in [0, 0.05) is 0 Å². The highest BCUT2D eigenvalue weighted by Crippen LogP contribution is 2.13. The Hall–Kier alpha value is -1.60. The number of rotatable bonds is 13. The van der Waals surface area contributed by atoms with E-state index >= 15 is 0 Å². The molecule has 0 saturated heterocycles. The first kappa shape index (κ1) is 24.4. The van der Waals surface area contributed by atoms with Gasteiger partial charge in [0.2, 0.25) is 0 Å². The lowest BCUT2D eigenvalue weighted by Crippen LogP contribution is -2.18. The van der Waals surface area contributed by atoms with Gasteiger partial charge in [0.05, 0.1) is 11.5 Å². The van der Waals surface area contributed by atoms with Crippen LogP contribution >= 0.6 is 0 Å². The van der Waals surface area contributed by atoms with E-state index in [1.807, 2.05) is 0 Å². The molecule has 0 fully saturated rings. The fraction of sp³-hybridized carbons (Fsp3) is 0.632. The maximum Gasteiger partial charge on any atom is 0.309 e.